The third-order valence-electron chi connectivity index (χ3n) is 5.46. The topological polar surface area (TPSA) is 62.7 Å². The Morgan fingerprint density at radius 2 is 1.89 bits per heavy atom. The Balaban J connectivity index is 1.65. The highest BCUT2D eigenvalue weighted by molar-refractivity contribution is 5.88. The maximum atomic E-state index is 4.91. The third-order valence-corrected chi connectivity index (χ3v) is 5.46. The van der Waals surface area contributed by atoms with E-state index < -0.39 is 0 Å². The zero-order chi connectivity index (χ0) is 19.6. The van der Waals surface area contributed by atoms with Crippen LogP contribution in [0.25, 0.3) is 22.3 Å². The highest BCUT2D eigenvalue weighted by Gasteiger charge is 2.16. The van der Waals surface area contributed by atoms with Crippen molar-refractivity contribution >= 4 is 16.9 Å². The molecule has 0 unspecified atom stereocenters. The number of rotatable bonds is 4. The molecule has 2 aromatic heterocycles. The molecule has 0 aliphatic carbocycles. The number of nitrogens with one attached hydrogen (secondary N) is 2. The lowest BCUT2D eigenvalue weighted by Crippen LogP contribution is -2.33. The molecular formula is C23H29N5. The fourth-order valence-corrected chi connectivity index (χ4v) is 3.72. The van der Waals surface area contributed by atoms with Crippen molar-refractivity contribution in [3.63, 3.8) is 0 Å². The van der Waals surface area contributed by atoms with Crippen molar-refractivity contribution < 1.29 is 0 Å². The SMILES string of the molecule is CC(C)(C)c1ccc(-c2cc3nccnc3c(NC[C@@H]3CCCNC3)n2)cc1. The zero-order valence-electron chi connectivity index (χ0n) is 17.0. The van der Waals surface area contributed by atoms with E-state index in [1.54, 1.807) is 12.4 Å². The van der Waals surface area contributed by atoms with E-state index in [9.17, 15) is 0 Å². The average Bonchev–Trinajstić information content (AvgIpc) is 2.72. The van der Waals surface area contributed by atoms with Gasteiger partial charge in [0.15, 0.2) is 5.82 Å². The van der Waals surface area contributed by atoms with Crippen LogP contribution in [0.4, 0.5) is 5.82 Å². The van der Waals surface area contributed by atoms with Gasteiger partial charge >= 0.3 is 0 Å². The summed E-state index contributed by atoms with van der Waals surface area (Å²) in [4.78, 5) is 14.0. The van der Waals surface area contributed by atoms with Crippen LogP contribution in [0.3, 0.4) is 0 Å². The second kappa shape index (κ2) is 7.84. The van der Waals surface area contributed by atoms with Gasteiger partial charge < -0.3 is 10.6 Å². The minimum atomic E-state index is 0.140. The summed E-state index contributed by atoms with van der Waals surface area (Å²) >= 11 is 0. The number of fused-ring (bicyclic) bond motifs is 1. The minimum Gasteiger partial charge on any atom is -0.368 e. The van der Waals surface area contributed by atoms with Crippen molar-refractivity contribution in [2.75, 3.05) is 25.0 Å². The number of nitrogens with zero attached hydrogens (tertiary/aromatic N) is 3. The first kappa shape index (κ1) is 18.8. The Morgan fingerprint density at radius 3 is 2.61 bits per heavy atom. The third kappa shape index (κ3) is 4.14. The van der Waals surface area contributed by atoms with Gasteiger partial charge in [-0.1, -0.05) is 45.0 Å². The predicted molar refractivity (Wildman–Crippen MR) is 116 cm³/mol. The van der Waals surface area contributed by atoms with E-state index in [1.165, 1.54) is 18.4 Å². The first-order valence-corrected chi connectivity index (χ1v) is 10.2. The van der Waals surface area contributed by atoms with Gasteiger partial charge in [-0.3, -0.25) is 4.98 Å². The molecule has 1 saturated heterocycles. The number of aromatic nitrogens is 3. The van der Waals surface area contributed by atoms with Gasteiger partial charge in [-0.15, -0.1) is 0 Å². The molecule has 1 aliphatic heterocycles. The van der Waals surface area contributed by atoms with Crippen LogP contribution in [0, 0.1) is 5.92 Å². The van der Waals surface area contributed by atoms with Crippen molar-refractivity contribution in [2.45, 2.75) is 39.0 Å². The van der Waals surface area contributed by atoms with E-state index in [4.69, 9.17) is 4.98 Å². The van der Waals surface area contributed by atoms with Gasteiger partial charge in [-0.2, -0.15) is 0 Å². The molecule has 1 aliphatic rings. The number of hydrogen-bond donors (Lipinski definition) is 2. The van der Waals surface area contributed by atoms with E-state index >= 15 is 0 Å². The highest BCUT2D eigenvalue weighted by atomic mass is 15.0. The predicted octanol–water partition coefficient (Wildman–Crippen LogP) is 4.40. The molecule has 0 saturated carbocycles. The monoisotopic (exact) mass is 375 g/mol. The molecule has 146 valence electrons. The molecule has 5 heteroatoms. The Hall–Kier alpha value is -2.53. The highest BCUT2D eigenvalue weighted by Crippen LogP contribution is 2.28. The molecule has 3 heterocycles. The van der Waals surface area contributed by atoms with Crippen LogP contribution in [0.5, 0.6) is 0 Å². The maximum Gasteiger partial charge on any atom is 0.154 e. The van der Waals surface area contributed by atoms with Crippen molar-refractivity contribution in [1.82, 2.24) is 20.3 Å². The van der Waals surface area contributed by atoms with Gasteiger partial charge in [0.05, 0.1) is 11.2 Å². The van der Waals surface area contributed by atoms with Crippen LogP contribution >= 0.6 is 0 Å². The maximum absolute atomic E-state index is 4.91. The fourth-order valence-electron chi connectivity index (χ4n) is 3.72. The molecule has 0 bridgehead atoms. The lowest BCUT2D eigenvalue weighted by Gasteiger charge is -2.23. The molecule has 1 fully saturated rings. The molecule has 28 heavy (non-hydrogen) atoms. The molecule has 0 spiro atoms. The normalized spacial score (nSPS) is 17.6. The number of benzene rings is 1. The molecule has 1 aromatic carbocycles. The summed E-state index contributed by atoms with van der Waals surface area (Å²) in [5.74, 6) is 1.45. The van der Waals surface area contributed by atoms with Crippen molar-refractivity contribution in [1.29, 1.82) is 0 Å². The summed E-state index contributed by atoms with van der Waals surface area (Å²) < 4.78 is 0. The molecular weight excluding hydrogens is 346 g/mol. The number of anilines is 1. The van der Waals surface area contributed by atoms with Crippen LogP contribution in [-0.2, 0) is 5.41 Å². The van der Waals surface area contributed by atoms with Gasteiger partial charge in [0, 0.05) is 24.5 Å². The lowest BCUT2D eigenvalue weighted by atomic mass is 9.86. The van der Waals surface area contributed by atoms with Crippen LogP contribution in [0.15, 0.2) is 42.7 Å². The number of piperidine rings is 1. The number of hydrogen-bond acceptors (Lipinski definition) is 5. The van der Waals surface area contributed by atoms with E-state index in [0.29, 0.717) is 5.92 Å². The molecule has 0 radical (unpaired) electrons. The largest absolute Gasteiger partial charge is 0.368 e. The zero-order valence-corrected chi connectivity index (χ0v) is 17.0. The number of pyridine rings is 1. The summed E-state index contributed by atoms with van der Waals surface area (Å²) in [7, 11) is 0. The van der Waals surface area contributed by atoms with Crippen molar-refractivity contribution in [3.8, 4) is 11.3 Å². The molecule has 5 nitrogen and oxygen atoms in total. The Kier molecular flexibility index (Phi) is 5.27. The van der Waals surface area contributed by atoms with Crippen LogP contribution in [0.2, 0.25) is 0 Å². The molecule has 3 aromatic rings. The summed E-state index contributed by atoms with van der Waals surface area (Å²) in [5.41, 5.74) is 5.19. The summed E-state index contributed by atoms with van der Waals surface area (Å²) in [6.07, 6.45) is 5.96. The second-order valence-corrected chi connectivity index (χ2v) is 8.70. The Bertz CT molecular complexity index is 937. The van der Waals surface area contributed by atoms with Gasteiger partial charge in [0.1, 0.15) is 5.52 Å². The standard InChI is InChI=1S/C23H29N5/c1-23(2,3)18-8-6-17(7-9-18)19-13-20-21(26-12-11-25-20)22(28-19)27-15-16-5-4-10-24-14-16/h6-9,11-13,16,24H,4-5,10,14-15H2,1-3H3,(H,27,28)/t16-/m1/s1. The quantitative estimate of drug-likeness (QED) is 0.708. The van der Waals surface area contributed by atoms with E-state index in [1.807, 2.05) is 6.07 Å². The van der Waals surface area contributed by atoms with Gasteiger partial charge in [0.25, 0.3) is 0 Å². The average molecular weight is 376 g/mol. The van der Waals surface area contributed by atoms with E-state index in [0.717, 1.165) is 47.7 Å². The smallest absolute Gasteiger partial charge is 0.154 e. The van der Waals surface area contributed by atoms with Crippen molar-refractivity contribution in [3.05, 3.63) is 48.3 Å². The van der Waals surface area contributed by atoms with E-state index in [2.05, 4.69) is 65.6 Å². The molecule has 4 rings (SSSR count). The lowest BCUT2D eigenvalue weighted by molar-refractivity contribution is 0.392. The summed E-state index contributed by atoms with van der Waals surface area (Å²) in [5, 5.41) is 7.02. The first-order valence-electron chi connectivity index (χ1n) is 10.2. The van der Waals surface area contributed by atoms with Crippen LogP contribution in [0.1, 0.15) is 39.2 Å². The van der Waals surface area contributed by atoms with Crippen LogP contribution in [-0.4, -0.2) is 34.6 Å². The second-order valence-electron chi connectivity index (χ2n) is 8.70. The molecule has 0 amide bonds. The summed E-state index contributed by atoms with van der Waals surface area (Å²) in [6, 6.07) is 10.7. The van der Waals surface area contributed by atoms with Gasteiger partial charge in [-0.05, 0) is 48.9 Å². The Morgan fingerprint density at radius 1 is 1.11 bits per heavy atom. The Labute approximate surface area is 167 Å². The van der Waals surface area contributed by atoms with Crippen molar-refractivity contribution in [2.24, 2.45) is 5.92 Å². The first-order chi connectivity index (χ1) is 13.5. The van der Waals surface area contributed by atoms with E-state index in [-0.39, 0.29) is 5.41 Å². The fraction of sp³-hybridized carbons (Fsp3) is 0.435. The molecule has 1 atom stereocenters. The molecule has 2 N–H and O–H groups in total. The summed E-state index contributed by atoms with van der Waals surface area (Å²) in [6.45, 7) is 9.78. The van der Waals surface area contributed by atoms with Gasteiger partial charge in [0.2, 0.25) is 0 Å². The van der Waals surface area contributed by atoms with Crippen LogP contribution < -0.4 is 10.6 Å². The van der Waals surface area contributed by atoms with Gasteiger partial charge in [-0.25, -0.2) is 9.97 Å². The minimum absolute atomic E-state index is 0.140.